The van der Waals surface area contributed by atoms with Crippen molar-refractivity contribution in [2.75, 3.05) is 5.75 Å². The monoisotopic (exact) mass is 258 g/mol. The van der Waals surface area contributed by atoms with Crippen LogP contribution in [0.5, 0.6) is 0 Å². The van der Waals surface area contributed by atoms with Gasteiger partial charge in [0, 0.05) is 23.4 Å². The average Bonchev–Trinajstić information content (AvgIpc) is 2.81. The minimum absolute atomic E-state index is 0.0724. The van der Waals surface area contributed by atoms with Crippen molar-refractivity contribution in [1.29, 1.82) is 0 Å². The van der Waals surface area contributed by atoms with Gasteiger partial charge in [0.05, 0.1) is 16.5 Å². The molecule has 1 N–H and O–H groups in total. The fraction of sp³-hybridized carbons (Fsp3) is 0.500. The van der Waals surface area contributed by atoms with E-state index in [1.807, 2.05) is 5.38 Å². The van der Waals surface area contributed by atoms with Gasteiger partial charge in [-0.1, -0.05) is 13.0 Å². The lowest BCUT2D eigenvalue weighted by Gasteiger charge is -2.07. The molecule has 0 bridgehead atoms. The molecule has 4 nitrogen and oxygen atoms in total. The van der Waals surface area contributed by atoms with Crippen LogP contribution < -0.4 is 5.32 Å². The fourth-order valence-electron chi connectivity index (χ4n) is 1.53. The third-order valence-corrected chi connectivity index (χ3v) is 4.81. The minimum atomic E-state index is -2.96. The van der Waals surface area contributed by atoms with E-state index in [0.29, 0.717) is 6.54 Å². The number of aryl methyl sites for hydroxylation is 1. The van der Waals surface area contributed by atoms with E-state index in [1.54, 1.807) is 17.4 Å². The summed E-state index contributed by atoms with van der Waals surface area (Å²) in [6.07, 6.45) is 2.64. The van der Waals surface area contributed by atoms with Gasteiger partial charge >= 0.3 is 0 Å². The van der Waals surface area contributed by atoms with Gasteiger partial charge in [-0.25, -0.2) is 13.4 Å². The predicted molar refractivity (Wildman–Crippen MR) is 65.0 cm³/mol. The maximum Gasteiger partial charge on any atom is 0.173 e. The topological polar surface area (TPSA) is 59.1 Å². The van der Waals surface area contributed by atoms with Crippen molar-refractivity contribution >= 4 is 21.2 Å². The molecule has 0 fully saturated rings. The number of rotatable bonds is 4. The zero-order valence-electron chi connectivity index (χ0n) is 9.01. The Bertz CT molecular complexity index is 491. The molecule has 88 valence electrons. The molecule has 0 aromatic carbocycles. The first-order chi connectivity index (χ1) is 7.59. The third-order valence-electron chi connectivity index (χ3n) is 2.38. The molecule has 0 saturated carbocycles. The van der Waals surface area contributed by atoms with Gasteiger partial charge in [-0.2, -0.15) is 0 Å². The normalized spacial score (nSPS) is 22.7. The van der Waals surface area contributed by atoms with Crippen LogP contribution >= 0.6 is 11.3 Å². The summed E-state index contributed by atoms with van der Waals surface area (Å²) >= 11 is 1.64. The number of nitrogens with zero attached hydrogens (tertiary/aromatic N) is 1. The smallest absolute Gasteiger partial charge is 0.173 e. The summed E-state index contributed by atoms with van der Waals surface area (Å²) in [6.45, 7) is 2.70. The summed E-state index contributed by atoms with van der Waals surface area (Å²) < 4.78 is 22.3. The molecule has 0 radical (unpaired) electrons. The van der Waals surface area contributed by atoms with Crippen LogP contribution in [0.25, 0.3) is 0 Å². The molecule has 0 amide bonds. The maximum atomic E-state index is 11.2. The van der Waals surface area contributed by atoms with Crippen molar-refractivity contribution in [2.24, 2.45) is 0 Å². The lowest BCUT2D eigenvalue weighted by atomic mass is 10.3. The molecule has 16 heavy (non-hydrogen) atoms. The largest absolute Gasteiger partial charge is 0.304 e. The molecule has 2 rings (SSSR count). The Morgan fingerprint density at radius 1 is 1.62 bits per heavy atom. The van der Waals surface area contributed by atoms with Gasteiger partial charge < -0.3 is 5.32 Å². The van der Waals surface area contributed by atoms with E-state index in [2.05, 4.69) is 17.2 Å². The zero-order valence-corrected chi connectivity index (χ0v) is 10.6. The highest BCUT2D eigenvalue weighted by Gasteiger charge is 2.20. The summed E-state index contributed by atoms with van der Waals surface area (Å²) in [5.74, 6) is 0.164. The molecule has 1 aliphatic rings. The molecule has 2 heterocycles. The number of aromatic nitrogens is 1. The van der Waals surface area contributed by atoms with Crippen LogP contribution in [0.15, 0.2) is 16.9 Å². The van der Waals surface area contributed by atoms with Gasteiger partial charge in [-0.3, -0.25) is 0 Å². The number of hydrogen-bond donors (Lipinski definition) is 1. The summed E-state index contributed by atoms with van der Waals surface area (Å²) in [5.41, 5.74) is 0.986. The van der Waals surface area contributed by atoms with E-state index in [-0.39, 0.29) is 11.8 Å². The SMILES string of the molecule is CCc1nc(CNC2C=CS(=O)(=O)C2)cs1. The van der Waals surface area contributed by atoms with Gasteiger partial charge in [-0.15, -0.1) is 11.3 Å². The molecule has 6 heteroatoms. The van der Waals surface area contributed by atoms with Gasteiger partial charge in [0.25, 0.3) is 0 Å². The van der Waals surface area contributed by atoms with Gasteiger partial charge in [0.2, 0.25) is 0 Å². The Kier molecular flexibility index (Phi) is 3.41. The highest BCUT2D eigenvalue weighted by Crippen LogP contribution is 2.12. The van der Waals surface area contributed by atoms with Crippen LogP contribution in [0.3, 0.4) is 0 Å². The molecule has 0 spiro atoms. The quantitative estimate of drug-likeness (QED) is 0.879. The fourth-order valence-corrected chi connectivity index (χ4v) is 3.55. The molecule has 0 aliphatic carbocycles. The number of sulfone groups is 1. The lowest BCUT2D eigenvalue weighted by Crippen LogP contribution is -2.29. The Morgan fingerprint density at radius 3 is 3.00 bits per heavy atom. The predicted octanol–water partition coefficient (Wildman–Crippen LogP) is 1.11. The highest BCUT2D eigenvalue weighted by molar-refractivity contribution is 7.94. The minimum Gasteiger partial charge on any atom is -0.304 e. The van der Waals surface area contributed by atoms with Gasteiger partial charge in [0.1, 0.15) is 0 Å². The molecule has 1 aromatic rings. The van der Waals surface area contributed by atoms with Crippen LogP contribution in [0.1, 0.15) is 17.6 Å². The van der Waals surface area contributed by atoms with Crippen molar-refractivity contribution < 1.29 is 8.42 Å². The first-order valence-corrected chi connectivity index (χ1v) is 7.76. The van der Waals surface area contributed by atoms with Crippen molar-refractivity contribution in [3.8, 4) is 0 Å². The summed E-state index contributed by atoms with van der Waals surface area (Å²) in [4.78, 5) is 4.41. The van der Waals surface area contributed by atoms with Crippen molar-refractivity contribution in [1.82, 2.24) is 10.3 Å². The van der Waals surface area contributed by atoms with Gasteiger partial charge in [0.15, 0.2) is 9.84 Å². The lowest BCUT2D eigenvalue weighted by molar-refractivity contribution is 0.588. The molecule has 1 aliphatic heterocycles. The molecular weight excluding hydrogens is 244 g/mol. The van der Waals surface area contributed by atoms with Crippen molar-refractivity contribution in [3.05, 3.63) is 27.6 Å². The van der Waals surface area contributed by atoms with Crippen molar-refractivity contribution in [2.45, 2.75) is 25.9 Å². The van der Waals surface area contributed by atoms with Crippen LogP contribution in [0.4, 0.5) is 0 Å². The molecule has 1 aromatic heterocycles. The maximum absolute atomic E-state index is 11.2. The number of thiazole rings is 1. The van der Waals surface area contributed by atoms with E-state index >= 15 is 0 Å². The zero-order chi connectivity index (χ0) is 11.6. The molecule has 1 atom stereocenters. The van der Waals surface area contributed by atoms with E-state index in [1.165, 1.54) is 5.41 Å². The van der Waals surface area contributed by atoms with Crippen LogP contribution in [0, 0.1) is 0 Å². The first kappa shape index (κ1) is 11.8. The summed E-state index contributed by atoms with van der Waals surface area (Å²) in [7, 11) is -2.96. The van der Waals surface area contributed by atoms with Gasteiger partial charge in [-0.05, 0) is 6.42 Å². The third kappa shape index (κ3) is 2.90. The first-order valence-electron chi connectivity index (χ1n) is 5.16. The Hall–Kier alpha value is -0.720. The summed E-state index contributed by atoms with van der Waals surface area (Å²) in [5, 5.41) is 7.58. The Morgan fingerprint density at radius 2 is 2.44 bits per heavy atom. The molecule has 1 unspecified atom stereocenters. The second kappa shape index (κ2) is 4.65. The van der Waals surface area contributed by atoms with Crippen LogP contribution in [-0.2, 0) is 22.8 Å². The molecular formula is C10H14N2O2S2. The highest BCUT2D eigenvalue weighted by atomic mass is 32.2. The van der Waals surface area contributed by atoms with E-state index in [0.717, 1.165) is 17.1 Å². The summed E-state index contributed by atoms with van der Waals surface area (Å²) in [6, 6.07) is -0.0724. The van der Waals surface area contributed by atoms with Crippen molar-refractivity contribution in [3.63, 3.8) is 0 Å². The van der Waals surface area contributed by atoms with Crippen LogP contribution in [-0.4, -0.2) is 25.2 Å². The number of hydrogen-bond acceptors (Lipinski definition) is 5. The van der Waals surface area contributed by atoms with E-state index in [4.69, 9.17) is 0 Å². The Labute approximate surface area is 99.3 Å². The average molecular weight is 258 g/mol. The standard InChI is InChI=1S/C10H14N2O2S2/c1-2-10-12-9(6-15-10)5-11-8-3-4-16(13,14)7-8/h3-4,6,8,11H,2,5,7H2,1H3. The number of nitrogens with one attached hydrogen (secondary N) is 1. The second-order valence-electron chi connectivity index (χ2n) is 3.73. The Balaban J connectivity index is 1.87. The second-order valence-corrected chi connectivity index (χ2v) is 6.61. The molecule has 0 saturated heterocycles. The van der Waals surface area contributed by atoms with E-state index < -0.39 is 9.84 Å². The van der Waals surface area contributed by atoms with Crippen LogP contribution in [0.2, 0.25) is 0 Å². The van der Waals surface area contributed by atoms with E-state index in [9.17, 15) is 8.42 Å².